The lowest BCUT2D eigenvalue weighted by molar-refractivity contribution is -0.142. The zero-order valence-electron chi connectivity index (χ0n) is 10.8. The topological polar surface area (TPSA) is 69.7 Å². The predicted octanol–water partition coefficient (Wildman–Crippen LogP) is 1.76. The van der Waals surface area contributed by atoms with Crippen molar-refractivity contribution in [2.75, 3.05) is 13.7 Å². The van der Waals surface area contributed by atoms with Crippen LogP contribution in [0.4, 0.5) is 0 Å². The summed E-state index contributed by atoms with van der Waals surface area (Å²) in [5, 5.41) is 0. The smallest absolute Gasteiger partial charge is 0.338 e. The Kier molecular flexibility index (Phi) is 6.29. The molecule has 1 aromatic rings. The van der Waals surface area contributed by atoms with Gasteiger partial charge in [0.1, 0.15) is 5.78 Å². The second kappa shape index (κ2) is 8.02. The maximum absolute atomic E-state index is 11.5. The normalized spacial score (nSPS) is 9.74. The van der Waals surface area contributed by atoms with Crippen LogP contribution >= 0.6 is 0 Å². The molecule has 0 spiro atoms. The quantitative estimate of drug-likeness (QED) is 0.702. The lowest BCUT2D eigenvalue weighted by Crippen LogP contribution is -2.11. The first-order valence-corrected chi connectivity index (χ1v) is 5.94. The van der Waals surface area contributed by atoms with Crippen molar-refractivity contribution >= 4 is 17.7 Å². The number of methoxy groups -OCH3 is 1. The van der Waals surface area contributed by atoms with Crippen LogP contribution in [0.3, 0.4) is 0 Å². The number of esters is 2. The largest absolute Gasteiger partial charge is 0.469 e. The van der Waals surface area contributed by atoms with E-state index in [4.69, 9.17) is 4.74 Å². The first-order valence-electron chi connectivity index (χ1n) is 5.94. The van der Waals surface area contributed by atoms with Crippen LogP contribution < -0.4 is 0 Å². The van der Waals surface area contributed by atoms with Crippen molar-refractivity contribution in [2.24, 2.45) is 0 Å². The highest BCUT2D eigenvalue weighted by Gasteiger charge is 2.09. The molecule has 0 aliphatic carbocycles. The van der Waals surface area contributed by atoms with Gasteiger partial charge in [0.05, 0.1) is 25.7 Å². The molecule has 0 aliphatic rings. The summed E-state index contributed by atoms with van der Waals surface area (Å²) in [6.07, 6.45) is 0.271. The summed E-state index contributed by atoms with van der Waals surface area (Å²) in [6, 6.07) is 8.55. The highest BCUT2D eigenvalue weighted by Crippen LogP contribution is 2.03. The molecule has 0 atom stereocenters. The van der Waals surface area contributed by atoms with Gasteiger partial charge in [-0.1, -0.05) is 18.2 Å². The summed E-state index contributed by atoms with van der Waals surface area (Å²) in [5.41, 5.74) is 0.449. The molecule has 102 valence electrons. The standard InChI is InChI=1S/C14H16O5/c1-18-13(16)8-7-12(15)9-10-19-14(17)11-5-3-2-4-6-11/h2-6H,7-10H2,1H3. The summed E-state index contributed by atoms with van der Waals surface area (Å²) >= 11 is 0. The molecule has 5 heteroatoms. The van der Waals surface area contributed by atoms with E-state index in [9.17, 15) is 14.4 Å². The van der Waals surface area contributed by atoms with Gasteiger partial charge in [0.25, 0.3) is 0 Å². The Balaban J connectivity index is 2.22. The van der Waals surface area contributed by atoms with Gasteiger partial charge in [0.15, 0.2) is 0 Å². The summed E-state index contributed by atoms with van der Waals surface area (Å²) < 4.78 is 9.38. The molecule has 19 heavy (non-hydrogen) atoms. The zero-order chi connectivity index (χ0) is 14.1. The third-order valence-electron chi connectivity index (χ3n) is 2.46. The number of benzene rings is 1. The molecule has 0 aliphatic heterocycles. The summed E-state index contributed by atoms with van der Waals surface area (Å²) in [5.74, 6) is -1.01. The van der Waals surface area contributed by atoms with E-state index >= 15 is 0 Å². The SMILES string of the molecule is COC(=O)CCC(=O)CCOC(=O)c1ccccc1. The average Bonchev–Trinajstić information content (AvgIpc) is 2.45. The summed E-state index contributed by atoms with van der Waals surface area (Å²) in [7, 11) is 1.27. The molecule has 5 nitrogen and oxygen atoms in total. The van der Waals surface area contributed by atoms with Gasteiger partial charge in [-0.15, -0.1) is 0 Å². The minimum atomic E-state index is -0.457. The number of Topliss-reactive ketones (excluding diaryl/α,β-unsaturated/α-hetero) is 1. The molecular weight excluding hydrogens is 248 g/mol. The van der Waals surface area contributed by atoms with Crippen LogP contribution in [0, 0.1) is 0 Å². The van der Waals surface area contributed by atoms with Gasteiger partial charge in [-0.05, 0) is 12.1 Å². The Bertz CT molecular complexity index is 438. The Morgan fingerprint density at radius 1 is 1.00 bits per heavy atom. The second-order valence-corrected chi connectivity index (χ2v) is 3.87. The van der Waals surface area contributed by atoms with E-state index in [0.29, 0.717) is 5.56 Å². The Labute approximate surface area is 111 Å². The van der Waals surface area contributed by atoms with E-state index in [2.05, 4.69) is 4.74 Å². The Morgan fingerprint density at radius 3 is 2.32 bits per heavy atom. The zero-order valence-corrected chi connectivity index (χ0v) is 10.8. The maximum Gasteiger partial charge on any atom is 0.338 e. The molecule has 0 radical (unpaired) electrons. The molecule has 0 bridgehead atoms. The van der Waals surface area contributed by atoms with Gasteiger partial charge in [-0.2, -0.15) is 0 Å². The van der Waals surface area contributed by atoms with Gasteiger partial charge >= 0.3 is 11.9 Å². The van der Waals surface area contributed by atoms with Gasteiger partial charge < -0.3 is 9.47 Å². The maximum atomic E-state index is 11.5. The molecule has 0 fully saturated rings. The Morgan fingerprint density at radius 2 is 1.68 bits per heavy atom. The number of carbonyl (C=O) groups is 3. The van der Waals surface area contributed by atoms with Crippen molar-refractivity contribution in [1.82, 2.24) is 0 Å². The highest BCUT2D eigenvalue weighted by atomic mass is 16.5. The van der Waals surface area contributed by atoms with Crippen LogP contribution in [-0.4, -0.2) is 31.4 Å². The fraction of sp³-hybridized carbons (Fsp3) is 0.357. The molecule has 0 saturated carbocycles. The predicted molar refractivity (Wildman–Crippen MR) is 67.6 cm³/mol. The van der Waals surface area contributed by atoms with E-state index in [-0.39, 0.29) is 31.7 Å². The van der Waals surface area contributed by atoms with Gasteiger partial charge in [0, 0.05) is 12.8 Å². The van der Waals surface area contributed by atoms with Crippen molar-refractivity contribution in [1.29, 1.82) is 0 Å². The van der Waals surface area contributed by atoms with Crippen LogP contribution in [-0.2, 0) is 19.1 Å². The molecule has 0 amide bonds. The van der Waals surface area contributed by atoms with Crippen molar-refractivity contribution in [3.05, 3.63) is 35.9 Å². The minimum absolute atomic E-state index is 0.0216. The van der Waals surface area contributed by atoms with Crippen molar-refractivity contribution in [3.63, 3.8) is 0 Å². The van der Waals surface area contributed by atoms with Crippen molar-refractivity contribution in [3.8, 4) is 0 Å². The first-order chi connectivity index (χ1) is 9.13. The van der Waals surface area contributed by atoms with Crippen LogP contribution in [0.2, 0.25) is 0 Å². The monoisotopic (exact) mass is 264 g/mol. The molecule has 0 heterocycles. The molecule has 0 aromatic heterocycles. The average molecular weight is 264 g/mol. The second-order valence-electron chi connectivity index (χ2n) is 3.87. The fourth-order valence-corrected chi connectivity index (χ4v) is 1.38. The third kappa shape index (κ3) is 5.81. The molecule has 0 saturated heterocycles. The molecular formula is C14H16O5. The van der Waals surface area contributed by atoms with Gasteiger partial charge in [0.2, 0.25) is 0 Å². The van der Waals surface area contributed by atoms with Crippen LogP contribution in [0.1, 0.15) is 29.6 Å². The summed E-state index contributed by atoms with van der Waals surface area (Å²) in [6.45, 7) is 0.0216. The first kappa shape index (κ1) is 14.9. The fourth-order valence-electron chi connectivity index (χ4n) is 1.38. The number of hydrogen-bond donors (Lipinski definition) is 0. The van der Waals surface area contributed by atoms with E-state index in [1.807, 2.05) is 0 Å². The molecule has 1 aromatic carbocycles. The number of ketones is 1. The van der Waals surface area contributed by atoms with Gasteiger partial charge in [-0.3, -0.25) is 9.59 Å². The number of ether oxygens (including phenoxy) is 2. The number of rotatable bonds is 7. The number of hydrogen-bond acceptors (Lipinski definition) is 5. The van der Waals surface area contributed by atoms with Crippen molar-refractivity contribution < 1.29 is 23.9 Å². The highest BCUT2D eigenvalue weighted by molar-refractivity contribution is 5.89. The van der Waals surface area contributed by atoms with E-state index in [1.165, 1.54) is 7.11 Å². The molecule has 0 unspecified atom stereocenters. The van der Waals surface area contributed by atoms with Crippen LogP contribution in [0.5, 0.6) is 0 Å². The summed E-state index contributed by atoms with van der Waals surface area (Å²) in [4.78, 5) is 33.7. The van der Waals surface area contributed by atoms with Crippen LogP contribution in [0.25, 0.3) is 0 Å². The van der Waals surface area contributed by atoms with Crippen LogP contribution in [0.15, 0.2) is 30.3 Å². The Hall–Kier alpha value is -2.17. The van der Waals surface area contributed by atoms with E-state index < -0.39 is 11.9 Å². The van der Waals surface area contributed by atoms with E-state index in [1.54, 1.807) is 30.3 Å². The lowest BCUT2D eigenvalue weighted by atomic mass is 10.2. The number of carbonyl (C=O) groups excluding carboxylic acids is 3. The lowest BCUT2D eigenvalue weighted by Gasteiger charge is -2.04. The van der Waals surface area contributed by atoms with Crippen molar-refractivity contribution in [2.45, 2.75) is 19.3 Å². The minimum Gasteiger partial charge on any atom is -0.469 e. The molecule has 1 rings (SSSR count). The van der Waals surface area contributed by atoms with E-state index in [0.717, 1.165) is 0 Å². The molecule has 0 N–H and O–H groups in total. The van der Waals surface area contributed by atoms with Gasteiger partial charge in [-0.25, -0.2) is 4.79 Å². The third-order valence-corrected chi connectivity index (χ3v) is 2.46.